The van der Waals surface area contributed by atoms with Crippen molar-refractivity contribution in [2.24, 2.45) is 4.40 Å². The predicted molar refractivity (Wildman–Crippen MR) is 109 cm³/mol. The van der Waals surface area contributed by atoms with Gasteiger partial charge in [-0.05, 0) is 29.8 Å². The Balaban J connectivity index is 1.56. The third kappa shape index (κ3) is 4.00. The summed E-state index contributed by atoms with van der Waals surface area (Å²) in [5.74, 6) is -1.42. The lowest BCUT2D eigenvalue weighted by molar-refractivity contribution is -0.114. The lowest BCUT2D eigenvalue weighted by Gasteiger charge is -2.19. The standard InChI is InChI=1S/C19H15ClN4O5S/c20-12-3-1-2-11(8-12)14(19-21-6-7-29-19)10-22-18(26)17-23-15-5-4-13(25)9-16(15)30(27,28)24-17/h1-9,14,25H,10H2,(H,22,26)(H,23,24). The maximum absolute atomic E-state index is 12.6. The van der Waals surface area contributed by atoms with Crippen LogP contribution in [0.15, 0.2) is 68.6 Å². The summed E-state index contributed by atoms with van der Waals surface area (Å²) in [7, 11) is -4.14. The van der Waals surface area contributed by atoms with Gasteiger partial charge in [-0.1, -0.05) is 23.7 Å². The monoisotopic (exact) mass is 446 g/mol. The molecule has 1 amide bonds. The second-order valence-corrected chi connectivity index (χ2v) is 8.42. The number of phenols is 1. The Labute approximate surface area is 176 Å². The van der Waals surface area contributed by atoms with E-state index in [9.17, 15) is 18.3 Å². The first-order valence-corrected chi connectivity index (χ1v) is 10.5. The molecule has 1 aliphatic rings. The maximum atomic E-state index is 12.6. The van der Waals surface area contributed by atoms with Crippen molar-refractivity contribution in [3.8, 4) is 5.75 Å². The molecule has 11 heteroatoms. The molecule has 0 saturated carbocycles. The quantitative estimate of drug-likeness (QED) is 0.512. The summed E-state index contributed by atoms with van der Waals surface area (Å²) >= 11 is 6.07. The molecule has 0 saturated heterocycles. The summed E-state index contributed by atoms with van der Waals surface area (Å²) in [6.07, 6.45) is 2.90. The number of amidine groups is 1. The number of fused-ring (bicyclic) bond motifs is 1. The zero-order valence-electron chi connectivity index (χ0n) is 15.2. The molecule has 1 aliphatic heterocycles. The van der Waals surface area contributed by atoms with Crippen LogP contribution in [0, 0.1) is 0 Å². The topological polar surface area (TPSA) is 134 Å². The van der Waals surface area contributed by atoms with Gasteiger partial charge in [-0.25, -0.2) is 4.98 Å². The van der Waals surface area contributed by atoms with Crippen LogP contribution in [0.4, 0.5) is 5.69 Å². The molecule has 0 bridgehead atoms. The van der Waals surface area contributed by atoms with Gasteiger partial charge in [0.2, 0.25) is 11.7 Å². The Hall–Kier alpha value is -3.37. The van der Waals surface area contributed by atoms with E-state index in [2.05, 4.69) is 20.0 Å². The number of benzene rings is 2. The molecule has 2 heterocycles. The fourth-order valence-corrected chi connectivity index (χ4v) is 4.33. The Morgan fingerprint density at radius 2 is 2.10 bits per heavy atom. The number of oxazole rings is 1. The molecule has 1 aromatic heterocycles. The predicted octanol–water partition coefficient (Wildman–Crippen LogP) is 2.49. The van der Waals surface area contributed by atoms with Crippen molar-refractivity contribution >= 4 is 39.1 Å². The number of anilines is 1. The zero-order chi connectivity index (χ0) is 21.3. The van der Waals surface area contributed by atoms with E-state index in [1.807, 2.05) is 6.07 Å². The Kier molecular flexibility index (Phi) is 5.18. The number of aromatic hydroxyl groups is 1. The van der Waals surface area contributed by atoms with Crippen molar-refractivity contribution in [1.82, 2.24) is 10.3 Å². The van der Waals surface area contributed by atoms with Crippen molar-refractivity contribution in [1.29, 1.82) is 0 Å². The van der Waals surface area contributed by atoms with E-state index in [0.29, 0.717) is 10.9 Å². The summed E-state index contributed by atoms with van der Waals surface area (Å²) in [4.78, 5) is 16.6. The van der Waals surface area contributed by atoms with Crippen LogP contribution in [-0.2, 0) is 14.8 Å². The SMILES string of the molecule is O=C(NCC(c1cccc(Cl)c1)c1ncco1)C1=NS(=O)(=O)c2cc(O)ccc2N1. The molecule has 30 heavy (non-hydrogen) atoms. The number of carbonyl (C=O) groups excluding carboxylic acids is 1. The number of hydrogen-bond acceptors (Lipinski definition) is 7. The van der Waals surface area contributed by atoms with Crippen LogP contribution in [0.1, 0.15) is 17.4 Å². The smallest absolute Gasteiger partial charge is 0.287 e. The molecule has 0 fully saturated rings. The van der Waals surface area contributed by atoms with E-state index < -0.39 is 21.8 Å². The Morgan fingerprint density at radius 1 is 1.27 bits per heavy atom. The Bertz CT molecular complexity index is 1240. The number of amides is 1. The third-order valence-corrected chi connectivity index (χ3v) is 5.94. The number of carbonyl (C=O) groups is 1. The highest BCUT2D eigenvalue weighted by Gasteiger charge is 2.29. The minimum Gasteiger partial charge on any atom is -0.508 e. The normalized spacial score (nSPS) is 15.4. The largest absolute Gasteiger partial charge is 0.508 e. The number of nitrogens with zero attached hydrogens (tertiary/aromatic N) is 2. The summed E-state index contributed by atoms with van der Waals surface area (Å²) in [6.45, 7) is 0.0584. The molecule has 3 N–H and O–H groups in total. The maximum Gasteiger partial charge on any atom is 0.287 e. The van der Waals surface area contributed by atoms with E-state index >= 15 is 0 Å². The van der Waals surface area contributed by atoms with Crippen molar-refractivity contribution in [2.75, 3.05) is 11.9 Å². The fraction of sp³-hybridized carbons (Fsp3) is 0.105. The van der Waals surface area contributed by atoms with Gasteiger partial charge in [0.15, 0.2) is 0 Å². The van der Waals surface area contributed by atoms with Gasteiger partial charge in [-0.3, -0.25) is 4.79 Å². The number of hydrogen-bond donors (Lipinski definition) is 3. The van der Waals surface area contributed by atoms with Crippen LogP contribution < -0.4 is 10.6 Å². The van der Waals surface area contributed by atoms with E-state index in [1.165, 1.54) is 24.6 Å². The molecule has 0 spiro atoms. The van der Waals surface area contributed by atoms with Crippen LogP contribution in [0.2, 0.25) is 5.02 Å². The molecule has 3 aromatic rings. The first kappa shape index (κ1) is 19.9. The van der Waals surface area contributed by atoms with Gasteiger partial charge in [-0.2, -0.15) is 8.42 Å². The van der Waals surface area contributed by atoms with Crippen molar-refractivity contribution in [3.63, 3.8) is 0 Å². The van der Waals surface area contributed by atoms with Gasteiger partial charge < -0.3 is 20.2 Å². The highest BCUT2D eigenvalue weighted by molar-refractivity contribution is 7.90. The van der Waals surface area contributed by atoms with Crippen LogP contribution in [-0.4, -0.2) is 36.8 Å². The molecule has 2 aromatic carbocycles. The minimum atomic E-state index is -4.14. The third-order valence-electron chi connectivity index (χ3n) is 4.39. The van der Waals surface area contributed by atoms with E-state index in [4.69, 9.17) is 16.0 Å². The molecular formula is C19H15ClN4O5S. The Morgan fingerprint density at radius 3 is 2.83 bits per heavy atom. The molecule has 0 aliphatic carbocycles. The highest BCUT2D eigenvalue weighted by Crippen LogP contribution is 2.30. The van der Waals surface area contributed by atoms with E-state index in [0.717, 1.165) is 11.6 Å². The van der Waals surface area contributed by atoms with E-state index in [-0.39, 0.29) is 28.7 Å². The first-order chi connectivity index (χ1) is 14.3. The van der Waals surface area contributed by atoms with Crippen molar-refractivity contribution in [2.45, 2.75) is 10.8 Å². The molecule has 1 unspecified atom stereocenters. The van der Waals surface area contributed by atoms with Gasteiger partial charge in [-0.15, -0.1) is 4.40 Å². The zero-order valence-corrected chi connectivity index (χ0v) is 16.8. The molecule has 4 rings (SSSR count). The number of halogens is 1. The van der Waals surface area contributed by atoms with Crippen LogP contribution in [0.25, 0.3) is 0 Å². The summed E-state index contributed by atoms with van der Waals surface area (Å²) in [5, 5.41) is 15.4. The van der Waals surface area contributed by atoms with Gasteiger partial charge in [0, 0.05) is 17.6 Å². The van der Waals surface area contributed by atoms with Crippen molar-refractivity contribution < 1.29 is 22.7 Å². The highest BCUT2D eigenvalue weighted by atomic mass is 35.5. The molecule has 0 radical (unpaired) electrons. The number of sulfonamides is 1. The summed E-state index contributed by atoms with van der Waals surface area (Å²) in [5.41, 5.74) is 0.907. The van der Waals surface area contributed by atoms with Gasteiger partial charge in [0.05, 0.1) is 17.8 Å². The van der Waals surface area contributed by atoms with Gasteiger partial charge in [0.1, 0.15) is 16.9 Å². The number of nitrogens with one attached hydrogen (secondary N) is 2. The van der Waals surface area contributed by atoms with Crippen LogP contribution in [0.5, 0.6) is 5.75 Å². The average molecular weight is 447 g/mol. The summed E-state index contributed by atoms with van der Waals surface area (Å²) in [6, 6.07) is 10.8. The van der Waals surface area contributed by atoms with Gasteiger partial charge >= 0.3 is 0 Å². The van der Waals surface area contributed by atoms with Gasteiger partial charge in [0.25, 0.3) is 15.9 Å². The molecule has 9 nitrogen and oxygen atoms in total. The van der Waals surface area contributed by atoms with Crippen molar-refractivity contribution in [3.05, 3.63) is 71.4 Å². The second-order valence-electron chi connectivity index (χ2n) is 6.41. The number of rotatable bonds is 5. The average Bonchev–Trinajstić information content (AvgIpc) is 3.22. The van der Waals surface area contributed by atoms with E-state index in [1.54, 1.807) is 18.2 Å². The van der Waals surface area contributed by atoms with Crippen LogP contribution in [0.3, 0.4) is 0 Å². The molecule has 1 atom stereocenters. The van der Waals surface area contributed by atoms with Crippen LogP contribution >= 0.6 is 11.6 Å². The fourth-order valence-electron chi connectivity index (χ4n) is 3.00. The molecular weight excluding hydrogens is 432 g/mol. The number of phenolic OH excluding ortho intramolecular Hbond substituents is 1. The lowest BCUT2D eigenvalue weighted by atomic mass is 9.99. The molecule has 154 valence electrons. The lowest BCUT2D eigenvalue weighted by Crippen LogP contribution is -2.40. The number of aromatic nitrogens is 1. The minimum absolute atomic E-state index is 0.0584. The second kappa shape index (κ2) is 7.81. The first-order valence-electron chi connectivity index (χ1n) is 8.71. The summed E-state index contributed by atoms with van der Waals surface area (Å²) < 4.78 is 33.6.